The van der Waals surface area contributed by atoms with Crippen LogP contribution in [0.4, 0.5) is 0 Å². The second-order valence-electron chi connectivity index (χ2n) is 3.84. The Morgan fingerprint density at radius 2 is 1.72 bits per heavy atom. The van der Waals surface area contributed by atoms with Crippen molar-refractivity contribution in [2.45, 2.75) is 16.7 Å². The number of carbonyl (C=O) groups is 1. The minimum Gasteiger partial charge on any atom is -0.478 e. The summed E-state index contributed by atoms with van der Waals surface area (Å²) in [5.74, 6) is -0.892. The zero-order valence-corrected chi connectivity index (χ0v) is 12.7. The summed E-state index contributed by atoms with van der Waals surface area (Å²) in [5.41, 5.74) is 1.57. The third kappa shape index (κ3) is 3.26. The van der Waals surface area contributed by atoms with Crippen molar-refractivity contribution >= 4 is 40.3 Å². The minimum atomic E-state index is -0.892. The molecule has 92 valence electrons. The average molecular weight is 370 g/mol. The Labute approximate surface area is 124 Å². The Kier molecular flexibility index (Phi) is 4.29. The van der Waals surface area contributed by atoms with Crippen molar-refractivity contribution in [3.63, 3.8) is 0 Å². The van der Waals surface area contributed by atoms with Crippen LogP contribution in [0, 0.1) is 10.5 Å². The number of hydrogen-bond acceptors (Lipinski definition) is 2. The summed E-state index contributed by atoms with van der Waals surface area (Å²) >= 11 is 3.94. The Balaban J connectivity index is 2.18. The molecule has 0 aliphatic heterocycles. The van der Waals surface area contributed by atoms with Gasteiger partial charge in [0.25, 0.3) is 0 Å². The summed E-state index contributed by atoms with van der Waals surface area (Å²) in [4.78, 5) is 13.0. The van der Waals surface area contributed by atoms with Crippen molar-refractivity contribution in [3.05, 3.63) is 57.2 Å². The van der Waals surface area contributed by atoms with Gasteiger partial charge in [0.1, 0.15) is 0 Å². The molecule has 2 aromatic rings. The molecule has 0 saturated carbocycles. The molecule has 2 nitrogen and oxygen atoms in total. The van der Waals surface area contributed by atoms with Crippen molar-refractivity contribution in [1.29, 1.82) is 0 Å². The number of rotatable bonds is 3. The van der Waals surface area contributed by atoms with Crippen molar-refractivity contribution in [2.24, 2.45) is 0 Å². The second kappa shape index (κ2) is 5.75. The van der Waals surface area contributed by atoms with Crippen LogP contribution in [-0.4, -0.2) is 11.1 Å². The van der Waals surface area contributed by atoms with Gasteiger partial charge in [0.05, 0.1) is 5.56 Å². The molecule has 2 rings (SSSR count). The molecule has 0 saturated heterocycles. The molecular formula is C14H11IO2S. The molecule has 0 amide bonds. The molecule has 0 aliphatic rings. The minimum absolute atomic E-state index is 0.318. The van der Waals surface area contributed by atoms with E-state index in [2.05, 4.69) is 47.7 Å². The van der Waals surface area contributed by atoms with Crippen molar-refractivity contribution < 1.29 is 9.90 Å². The third-order valence-corrected chi connectivity index (χ3v) is 4.67. The topological polar surface area (TPSA) is 37.3 Å². The molecule has 2 aromatic carbocycles. The first-order valence-corrected chi connectivity index (χ1v) is 7.23. The number of benzene rings is 2. The Hall–Kier alpha value is -1.01. The fraction of sp³-hybridized carbons (Fsp3) is 0.0714. The molecule has 0 unspecified atom stereocenters. The van der Waals surface area contributed by atoms with E-state index in [1.807, 2.05) is 12.1 Å². The number of carboxylic acid groups (broad SMARTS) is 1. The van der Waals surface area contributed by atoms with E-state index in [0.29, 0.717) is 5.56 Å². The molecule has 0 bridgehead atoms. The SMILES string of the molecule is Cc1cc(Sc2ccc(C(=O)O)cc2)ccc1I. The number of halogens is 1. The van der Waals surface area contributed by atoms with E-state index in [1.165, 1.54) is 9.13 Å². The number of aromatic carboxylic acids is 1. The highest BCUT2D eigenvalue weighted by atomic mass is 127. The Morgan fingerprint density at radius 3 is 2.28 bits per heavy atom. The van der Waals surface area contributed by atoms with Crippen LogP contribution >= 0.6 is 34.4 Å². The molecule has 0 aliphatic carbocycles. The van der Waals surface area contributed by atoms with Gasteiger partial charge in [-0.1, -0.05) is 11.8 Å². The quantitative estimate of drug-likeness (QED) is 0.812. The van der Waals surface area contributed by atoms with Crippen LogP contribution in [0.25, 0.3) is 0 Å². The number of hydrogen-bond donors (Lipinski definition) is 1. The van der Waals surface area contributed by atoms with Crippen LogP contribution in [0.1, 0.15) is 15.9 Å². The monoisotopic (exact) mass is 370 g/mol. The first-order chi connectivity index (χ1) is 8.56. The first kappa shape index (κ1) is 13.4. The van der Waals surface area contributed by atoms with Crippen LogP contribution in [0.3, 0.4) is 0 Å². The van der Waals surface area contributed by atoms with Crippen LogP contribution < -0.4 is 0 Å². The molecule has 0 radical (unpaired) electrons. The van der Waals surface area contributed by atoms with Gasteiger partial charge in [-0.3, -0.25) is 0 Å². The van der Waals surface area contributed by atoms with Gasteiger partial charge in [0.15, 0.2) is 0 Å². The fourth-order valence-electron chi connectivity index (χ4n) is 1.48. The van der Waals surface area contributed by atoms with Gasteiger partial charge in [0.2, 0.25) is 0 Å². The summed E-state index contributed by atoms with van der Waals surface area (Å²) in [6.07, 6.45) is 0. The van der Waals surface area contributed by atoms with Crippen LogP contribution in [0.5, 0.6) is 0 Å². The van der Waals surface area contributed by atoms with E-state index >= 15 is 0 Å². The summed E-state index contributed by atoms with van der Waals surface area (Å²) < 4.78 is 1.25. The standard InChI is InChI=1S/C14H11IO2S/c1-9-8-12(6-7-13(9)15)18-11-4-2-10(3-5-11)14(16)17/h2-8H,1H3,(H,16,17). The lowest BCUT2D eigenvalue weighted by atomic mass is 10.2. The summed E-state index contributed by atoms with van der Waals surface area (Å²) in [7, 11) is 0. The molecule has 0 aromatic heterocycles. The predicted octanol–water partition coefficient (Wildman–Crippen LogP) is 4.45. The largest absolute Gasteiger partial charge is 0.478 e. The lowest BCUT2D eigenvalue weighted by molar-refractivity contribution is 0.0697. The van der Waals surface area contributed by atoms with Gasteiger partial charge < -0.3 is 5.11 Å². The summed E-state index contributed by atoms with van der Waals surface area (Å²) in [6, 6.07) is 13.2. The van der Waals surface area contributed by atoms with Gasteiger partial charge in [0, 0.05) is 13.4 Å². The van der Waals surface area contributed by atoms with E-state index in [0.717, 1.165) is 9.79 Å². The highest BCUT2D eigenvalue weighted by molar-refractivity contribution is 14.1. The molecule has 0 fully saturated rings. The predicted molar refractivity (Wildman–Crippen MR) is 81.4 cm³/mol. The molecule has 18 heavy (non-hydrogen) atoms. The van der Waals surface area contributed by atoms with Crippen LogP contribution in [0.15, 0.2) is 52.3 Å². The van der Waals surface area contributed by atoms with E-state index in [9.17, 15) is 4.79 Å². The van der Waals surface area contributed by atoms with E-state index in [-0.39, 0.29) is 0 Å². The highest BCUT2D eigenvalue weighted by Crippen LogP contribution is 2.29. The van der Waals surface area contributed by atoms with Crippen molar-refractivity contribution in [1.82, 2.24) is 0 Å². The lowest BCUT2D eigenvalue weighted by Crippen LogP contribution is -1.94. The number of aryl methyl sites for hydroxylation is 1. The van der Waals surface area contributed by atoms with Crippen molar-refractivity contribution in [2.75, 3.05) is 0 Å². The average Bonchev–Trinajstić information content (AvgIpc) is 2.34. The van der Waals surface area contributed by atoms with Gasteiger partial charge >= 0.3 is 5.97 Å². The van der Waals surface area contributed by atoms with E-state index in [1.54, 1.807) is 23.9 Å². The molecule has 0 atom stereocenters. The first-order valence-electron chi connectivity index (χ1n) is 5.33. The second-order valence-corrected chi connectivity index (χ2v) is 6.15. The smallest absolute Gasteiger partial charge is 0.335 e. The molecular weight excluding hydrogens is 359 g/mol. The molecule has 0 heterocycles. The van der Waals surface area contributed by atoms with Gasteiger partial charge in [-0.15, -0.1) is 0 Å². The summed E-state index contributed by atoms with van der Waals surface area (Å²) in [6.45, 7) is 2.08. The van der Waals surface area contributed by atoms with Crippen LogP contribution in [0.2, 0.25) is 0 Å². The van der Waals surface area contributed by atoms with Crippen molar-refractivity contribution in [3.8, 4) is 0 Å². The maximum atomic E-state index is 10.7. The van der Waals surface area contributed by atoms with E-state index in [4.69, 9.17) is 5.11 Å². The van der Waals surface area contributed by atoms with Gasteiger partial charge in [-0.25, -0.2) is 4.79 Å². The van der Waals surface area contributed by atoms with E-state index < -0.39 is 5.97 Å². The zero-order chi connectivity index (χ0) is 13.1. The maximum Gasteiger partial charge on any atom is 0.335 e. The maximum absolute atomic E-state index is 10.7. The Bertz CT molecular complexity index is 579. The zero-order valence-electron chi connectivity index (χ0n) is 9.68. The molecule has 4 heteroatoms. The Morgan fingerprint density at radius 1 is 1.11 bits per heavy atom. The lowest BCUT2D eigenvalue weighted by Gasteiger charge is -2.04. The molecule has 1 N–H and O–H groups in total. The normalized spacial score (nSPS) is 10.3. The van der Waals surface area contributed by atoms with Crippen LogP contribution in [-0.2, 0) is 0 Å². The fourth-order valence-corrected chi connectivity index (χ4v) is 2.73. The van der Waals surface area contributed by atoms with Gasteiger partial charge in [-0.05, 0) is 77.5 Å². The highest BCUT2D eigenvalue weighted by Gasteiger charge is 2.03. The van der Waals surface area contributed by atoms with Gasteiger partial charge in [-0.2, -0.15) is 0 Å². The number of carboxylic acids is 1. The third-order valence-electron chi connectivity index (χ3n) is 2.47. The molecule has 0 spiro atoms. The summed E-state index contributed by atoms with van der Waals surface area (Å²) in [5, 5.41) is 8.82.